The number of methoxy groups -OCH3 is 1. The molecule has 0 saturated carbocycles. The van der Waals surface area contributed by atoms with E-state index in [0.29, 0.717) is 28.9 Å². The normalized spacial score (nSPS) is 11.2. The monoisotopic (exact) mass is 523 g/mol. The van der Waals surface area contributed by atoms with E-state index in [2.05, 4.69) is 25.3 Å². The maximum absolute atomic E-state index is 13.4. The second kappa shape index (κ2) is 11.2. The fourth-order valence-corrected chi connectivity index (χ4v) is 4.77. The SMILES string of the molecule is COc1ccc(CCO)c(Nc2nc3ccccc3nc2NS(=O)(=O)c2ccccc2NC(=O)CO)c1. The lowest BCUT2D eigenvalue weighted by Crippen LogP contribution is -2.21. The summed E-state index contributed by atoms with van der Waals surface area (Å²) >= 11 is 0. The number of hydrogen-bond donors (Lipinski definition) is 5. The molecule has 0 bridgehead atoms. The third kappa shape index (κ3) is 5.94. The van der Waals surface area contributed by atoms with E-state index in [9.17, 15) is 18.3 Å². The van der Waals surface area contributed by atoms with Crippen molar-refractivity contribution >= 4 is 50.0 Å². The maximum atomic E-state index is 13.4. The molecule has 0 spiro atoms. The Balaban J connectivity index is 1.80. The van der Waals surface area contributed by atoms with Crippen LogP contribution in [0.25, 0.3) is 11.0 Å². The van der Waals surface area contributed by atoms with Gasteiger partial charge in [0.2, 0.25) is 5.91 Å². The molecule has 1 heterocycles. The number of nitrogens with one attached hydrogen (secondary N) is 3. The molecule has 11 nitrogen and oxygen atoms in total. The van der Waals surface area contributed by atoms with Gasteiger partial charge in [0.15, 0.2) is 11.6 Å². The molecule has 0 fully saturated rings. The van der Waals surface area contributed by atoms with Crippen molar-refractivity contribution in [1.29, 1.82) is 0 Å². The lowest BCUT2D eigenvalue weighted by Gasteiger charge is -2.17. The highest BCUT2D eigenvalue weighted by atomic mass is 32.2. The molecule has 0 aliphatic rings. The zero-order valence-corrected chi connectivity index (χ0v) is 20.6. The summed E-state index contributed by atoms with van der Waals surface area (Å²) in [4.78, 5) is 20.6. The first-order valence-corrected chi connectivity index (χ1v) is 12.7. The number of amides is 1. The van der Waals surface area contributed by atoms with Gasteiger partial charge in [-0.1, -0.05) is 30.3 Å². The quantitative estimate of drug-likeness (QED) is 0.210. The van der Waals surface area contributed by atoms with Gasteiger partial charge in [0.05, 0.1) is 23.8 Å². The molecule has 1 amide bonds. The van der Waals surface area contributed by atoms with Crippen molar-refractivity contribution in [3.05, 3.63) is 72.3 Å². The number of ether oxygens (including phenoxy) is 1. The molecule has 4 aromatic rings. The van der Waals surface area contributed by atoms with Gasteiger partial charge in [0.25, 0.3) is 10.0 Å². The van der Waals surface area contributed by atoms with E-state index in [4.69, 9.17) is 9.84 Å². The first-order valence-electron chi connectivity index (χ1n) is 11.2. The van der Waals surface area contributed by atoms with Gasteiger partial charge in [-0.15, -0.1) is 0 Å². The molecule has 0 radical (unpaired) electrons. The third-order valence-electron chi connectivity index (χ3n) is 5.35. The number of carbonyl (C=O) groups excluding carboxylic acids is 1. The van der Waals surface area contributed by atoms with Crippen molar-refractivity contribution in [3.8, 4) is 5.75 Å². The number of rotatable bonds is 10. The highest BCUT2D eigenvalue weighted by Gasteiger charge is 2.23. The minimum absolute atomic E-state index is 0.00432. The van der Waals surface area contributed by atoms with Crippen molar-refractivity contribution in [1.82, 2.24) is 9.97 Å². The predicted octanol–water partition coefficient (Wildman–Crippen LogP) is 2.65. The van der Waals surface area contributed by atoms with Crippen LogP contribution in [-0.4, -0.2) is 54.8 Å². The summed E-state index contributed by atoms with van der Waals surface area (Å²) in [6.45, 7) is -0.900. The average molecular weight is 524 g/mol. The molecule has 0 unspecified atom stereocenters. The second-order valence-electron chi connectivity index (χ2n) is 7.84. The van der Waals surface area contributed by atoms with Crippen molar-refractivity contribution in [3.63, 3.8) is 0 Å². The number of aliphatic hydroxyl groups is 2. The van der Waals surface area contributed by atoms with Crippen molar-refractivity contribution < 1.29 is 28.2 Å². The molecule has 3 aromatic carbocycles. The van der Waals surface area contributed by atoms with E-state index in [1.807, 2.05) is 0 Å². The number of benzene rings is 3. The Bertz CT molecular complexity index is 1540. The van der Waals surface area contributed by atoms with Crippen LogP contribution < -0.4 is 20.1 Å². The van der Waals surface area contributed by atoms with Crippen molar-refractivity contribution in [2.24, 2.45) is 0 Å². The topological polar surface area (TPSA) is 163 Å². The largest absolute Gasteiger partial charge is 0.497 e. The number of aromatic nitrogens is 2. The molecule has 37 heavy (non-hydrogen) atoms. The molecular weight excluding hydrogens is 498 g/mol. The number of anilines is 4. The van der Waals surface area contributed by atoms with E-state index >= 15 is 0 Å². The van der Waals surface area contributed by atoms with Gasteiger partial charge in [0, 0.05) is 18.4 Å². The maximum Gasteiger partial charge on any atom is 0.265 e. The predicted molar refractivity (Wildman–Crippen MR) is 140 cm³/mol. The highest BCUT2D eigenvalue weighted by molar-refractivity contribution is 7.92. The van der Waals surface area contributed by atoms with Gasteiger partial charge in [-0.05, 0) is 42.3 Å². The molecule has 1 aromatic heterocycles. The minimum atomic E-state index is -4.27. The van der Waals surface area contributed by atoms with Gasteiger partial charge in [-0.3, -0.25) is 9.52 Å². The average Bonchev–Trinajstić information content (AvgIpc) is 2.90. The molecule has 12 heteroatoms. The number of aliphatic hydroxyl groups excluding tert-OH is 2. The fraction of sp³-hybridized carbons (Fsp3) is 0.160. The Kier molecular flexibility index (Phi) is 7.82. The zero-order chi connectivity index (χ0) is 26.4. The first kappa shape index (κ1) is 25.8. The molecule has 4 rings (SSSR count). The smallest absolute Gasteiger partial charge is 0.265 e. The third-order valence-corrected chi connectivity index (χ3v) is 6.74. The van der Waals surface area contributed by atoms with Crippen molar-refractivity contribution in [2.45, 2.75) is 11.3 Å². The first-order chi connectivity index (χ1) is 17.8. The van der Waals surface area contributed by atoms with Gasteiger partial charge in [-0.25, -0.2) is 18.4 Å². The van der Waals surface area contributed by atoms with E-state index in [0.717, 1.165) is 5.56 Å². The van der Waals surface area contributed by atoms with Crippen LogP contribution in [0.4, 0.5) is 23.0 Å². The van der Waals surface area contributed by atoms with Gasteiger partial charge >= 0.3 is 0 Å². The number of sulfonamides is 1. The number of para-hydroxylation sites is 3. The Morgan fingerprint density at radius 2 is 1.59 bits per heavy atom. The van der Waals surface area contributed by atoms with Crippen LogP contribution in [0.5, 0.6) is 5.75 Å². The molecule has 0 aliphatic heterocycles. The van der Waals surface area contributed by atoms with Crippen LogP contribution in [0.2, 0.25) is 0 Å². The summed E-state index contributed by atoms with van der Waals surface area (Å²) in [5.74, 6) is -0.176. The summed E-state index contributed by atoms with van der Waals surface area (Å²) in [5, 5.41) is 24.1. The summed E-state index contributed by atoms with van der Waals surface area (Å²) in [7, 11) is -2.75. The van der Waals surface area contributed by atoms with Crippen LogP contribution >= 0.6 is 0 Å². The van der Waals surface area contributed by atoms with E-state index in [-0.39, 0.29) is 28.8 Å². The Morgan fingerprint density at radius 1 is 0.919 bits per heavy atom. The molecule has 0 saturated heterocycles. The summed E-state index contributed by atoms with van der Waals surface area (Å²) in [6, 6.07) is 18.0. The Morgan fingerprint density at radius 3 is 2.27 bits per heavy atom. The highest BCUT2D eigenvalue weighted by Crippen LogP contribution is 2.32. The van der Waals surface area contributed by atoms with Gasteiger partial charge in [0.1, 0.15) is 17.3 Å². The lowest BCUT2D eigenvalue weighted by molar-refractivity contribution is -0.118. The van der Waals surface area contributed by atoms with E-state index in [1.165, 1.54) is 25.3 Å². The van der Waals surface area contributed by atoms with Crippen LogP contribution in [0.15, 0.2) is 71.6 Å². The zero-order valence-electron chi connectivity index (χ0n) is 19.8. The number of fused-ring (bicyclic) bond motifs is 1. The standard InChI is InChI=1S/C25H25N5O6S/c1-36-17-11-10-16(12-13-31)21(14-17)29-24-25(28-19-7-3-2-6-18(19)27-24)30-37(34,35)22-9-5-4-8-20(22)26-23(33)15-32/h2-11,14,31-32H,12-13,15H2,1H3,(H,26,33)(H,27,29)(H,28,30). The summed E-state index contributed by atoms with van der Waals surface area (Å²) < 4.78 is 34.6. The molecule has 5 N–H and O–H groups in total. The van der Waals surface area contributed by atoms with Gasteiger partial charge in [-0.2, -0.15) is 0 Å². The molecule has 0 aliphatic carbocycles. The molecular formula is C25H25N5O6S. The Hall–Kier alpha value is -4.26. The molecule has 192 valence electrons. The van der Waals surface area contributed by atoms with Crippen LogP contribution in [0.1, 0.15) is 5.56 Å². The van der Waals surface area contributed by atoms with Crippen LogP contribution in [-0.2, 0) is 21.2 Å². The number of nitrogens with zero attached hydrogens (tertiary/aromatic N) is 2. The van der Waals surface area contributed by atoms with E-state index in [1.54, 1.807) is 48.5 Å². The molecule has 0 atom stereocenters. The lowest BCUT2D eigenvalue weighted by atomic mass is 10.1. The van der Waals surface area contributed by atoms with Crippen molar-refractivity contribution in [2.75, 3.05) is 35.7 Å². The second-order valence-corrected chi connectivity index (χ2v) is 9.49. The summed E-state index contributed by atoms with van der Waals surface area (Å²) in [6.07, 6.45) is 0.340. The van der Waals surface area contributed by atoms with Gasteiger partial charge < -0.3 is 25.6 Å². The van der Waals surface area contributed by atoms with E-state index < -0.39 is 22.5 Å². The number of hydrogen-bond acceptors (Lipinski definition) is 9. The number of carbonyl (C=O) groups is 1. The fourth-order valence-electron chi connectivity index (χ4n) is 3.60. The summed E-state index contributed by atoms with van der Waals surface area (Å²) in [5.41, 5.74) is 2.28. The minimum Gasteiger partial charge on any atom is -0.497 e. The van der Waals surface area contributed by atoms with Crippen LogP contribution in [0.3, 0.4) is 0 Å². The van der Waals surface area contributed by atoms with Crippen LogP contribution in [0, 0.1) is 0 Å². The Labute approximate surface area is 213 Å².